The Kier molecular flexibility index (Phi) is 3.32. The molecular weight excluding hydrogens is 285 g/mol. The average Bonchev–Trinajstić information content (AvgIpc) is 2.75. The van der Waals surface area contributed by atoms with E-state index >= 15 is 0 Å². The maximum Gasteiger partial charge on any atom is 0.416 e. The number of hydrogen-bond donors (Lipinski definition) is 2. The number of likely N-dealkylation sites (tertiary alicyclic amines) is 1. The number of halogens is 3. The summed E-state index contributed by atoms with van der Waals surface area (Å²) in [6.07, 6.45) is -4.10. The van der Waals surface area contributed by atoms with Crippen LogP contribution in [0.2, 0.25) is 0 Å². The summed E-state index contributed by atoms with van der Waals surface area (Å²) < 4.78 is 37.8. The lowest BCUT2D eigenvalue weighted by Crippen LogP contribution is -2.40. The maximum atomic E-state index is 12.6. The second-order valence-corrected chi connectivity index (χ2v) is 5.64. The van der Waals surface area contributed by atoms with Gasteiger partial charge < -0.3 is 15.3 Å². The third-order valence-electron chi connectivity index (χ3n) is 4.26. The smallest absolute Gasteiger partial charge is 0.393 e. The van der Waals surface area contributed by atoms with Crippen molar-refractivity contribution >= 4 is 11.7 Å². The Morgan fingerprint density at radius 1 is 1.33 bits per heavy atom. The average molecular weight is 300 g/mol. The molecule has 0 aromatic heterocycles. The monoisotopic (exact) mass is 300 g/mol. The number of urea groups is 1. The lowest BCUT2D eigenvalue weighted by atomic mass is 9.74. The van der Waals surface area contributed by atoms with Gasteiger partial charge in [-0.2, -0.15) is 13.2 Å². The number of aliphatic hydroxyl groups is 1. The Balaban J connectivity index is 1.65. The number of fused-ring (bicyclic) bond motifs is 1. The molecule has 2 N–H and O–H groups in total. The number of hydrogen-bond acceptors (Lipinski definition) is 2. The molecule has 1 saturated heterocycles. The summed E-state index contributed by atoms with van der Waals surface area (Å²) in [5, 5.41) is 12.0. The molecule has 1 heterocycles. The molecule has 0 radical (unpaired) electrons. The second kappa shape index (κ2) is 4.91. The summed E-state index contributed by atoms with van der Waals surface area (Å²) >= 11 is 0. The minimum absolute atomic E-state index is 0.109. The van der Waals surface area contributed by atoms with Gasteiger partial charge in [-0.05, 0) is 30.5 Å². The van der Waals surface area contributed by atoms with Crippen molar-refractivity contribution in [2.75, 3.05) is 18.4 Å². The predicted octanol–water partition coefficient (Wildman–Crippen LogP) is 2.55. The molecule has 1 saturated carbocycles. The van der Waals surface area contributed by atoms with E-state index in [4.69, 9.17) is 0 Å². The van der Waals surface area contributed by atoms with Crippen LogP contribution >= 0.6 is 0 Å². The molecule has 4 nitrogen and oxygen atoms in total. The first-order valence-corrected chi connectivity index (χ1v) is 6.76. The number of rotatable bonds is 1. The van der Waals surface area contributed by atoms with E-state index in [0.29, 0.717) is 25.4 Å². The molecule has 3 rings (SSSR count). The summed E-state index contributed by atoms with van der Waals surface area (Å²) in [6.45, 7) is 1.00. The molecule has 0 bridgehead atoms. The Bertz CT molecular complexity index is 561. The zero-order valence-electron chi connectivity index (χ0n) is 11.1. The van der Waals surface area contributed by atoms with E-state index in [-0.39, 0.29) is 17.7 Å². The Hall–Kier alpha value is -1.76. The van der Waals surface area contributed by atoms with Crippen molar-refractivity contribution in [1.82, 2.24) is 4.90 Å². The highest BCUT2D eigenvalue weighted by Gasteiger charge is 2.47. The van der Waals surface area contributed by atoms with Crippen LogP contribution in [0.4, 0.5) is 23.7 Å². The number of aliphatic hydroxyl groups excluding tert-OH is 1. The minimum Gasteiger partial charge on any atom is -0.393 e. The number of carbonyl (C=O) groups excluding carboxylic acids is 1. The summed E-state index contributed by atoms with van der Waals surface area (Å²) in [5.74, 6) is 0.421. The van der Waals surface area contributed by atoms with Crippen molar-refractivity contribution in [2.24, 2.45) is 11.8 Å². The van der Waals surface area contributed by atoms with Crippen LogP contribution in [0.5, 0.6) is 0 Å². The highest BCUT2D eigenvalue weighted by molar-refractivity contribution is 5.89. The second-order valence-electron chi connectivity index (χ2n) is 5.64. The number of carbonyl (C=O) groups is 1. The Morgan fingerprint density at radius 3 is 2.71 bits per heavy atom. The highest BCUT2D eigenvalue weighted by atomic mass is 19.4. The molecule has 1 aromatic carbocycles. The number of benzene rings is 1. The van der Waals surface area contributed by atoms with E-state index in [2.05, 4.69) is 5.32 Å². The Labute approximate surface area is 119 Å². The fourth-order valence-electron chi connectivity index (χ4n) is 3.01. The summed E-state index contributed by atoms with van der Waals surface area (Å²) in [6, 6.07) is 4.14. The number of nitrogens with one attached hydrogen (secondary N) is 1. The van der Waals surface area contributed by atoms with Crippen LogP contribution in [0, 0.1) is 11.8 Å². The quantitative estimate of drug-likeness (QED) is 0.837. The normalized spacial score (nSPS) is 28.0. The van der Waals surface area contributed by atoms with Crippen LogP contribution in [-0.2, 0) is 6.18 Å². The molecule has 3 atom stereocenters. The standard InChI is InChI=1S/C14H15F3N2O2/c15-14(16,17)9-2-1-3-10(5-9)18-13(21)19-6-8-4-12(20)11(8)7-19/h1-3,5,8,11-12,20H,4,6-7H2,(H,18,21)/t8-,11+,12+/m1/s1. The van der Waals surface area contributed by atoms with E-state index in [0.717, 1.165) is 12.1 Å². The number of nitrogens with zero attached hydrogens (tertiary/aromatic N) is 1. The van der Waals surface area contributed by atoms with Crippen LogP contribution in [0.15, 0.2) is 24.3 Å². The molecular formula is C14H15F3N2O2. The van der Waals surface area contributed by atoms with Crippen LogP contribution < -0.4 is 5.32 Å². The van der Waals surface area contributed by atoms with Gasteiger partial charge in [0.2, 0.25) is 0 Å². The lowest BCUT2D eigenvalue weighted by molar-refractivity contribution is -0.137. The molecule has 0 unspecified atom stereocenters. The largest absolute Gasteiger partial charge is 0.416 e. The van der Waals surface area contributed by atoms with Crippen molar-refractivity contribution in [3.63, 3.8) is 0 Å². The van der Waals surface area contributed by atoms with Gasteiger partial charge in [0.05, 0.1) is 11.7 Å². The SMILES string of the molecule is O=C(Nc1cccc(C(F)(F)F)c1)N1C[C@H]2C[C@H](O)[C@H]2C1. The van der Waals surface area contributed by atoms with Gasteiger partial charge in [-0.15, -0.1) is 0 Å². The van der Waals surface area contributed by atoms with Gasteiger partial charge in [0.15, 0.2) is 0 Å². The van der Waals surface area contributed by atoms with Crippen molar-refractivity contribution in [1.29, 1.82) is 0 Å². The van der Waals surface area contributed by atoms with Gasteiger partial charge in [0.1, 0.15) is 0 Å². The first kappa shape index (κ1) is 14.2. The van der Waals surface area contributed by atoms with Gasteiger partial charge in [-0.3, -0.25) is 0 Å². The van der Waals surface area contributed by atoms with Crippen molar-refractivity contribution < 1.29 is 23.1 Å². The third-order valence-corrected chi connectivity index (χ3v) is 4.26. The van der Waals surface area contributed by atoms with E-state index in [1.165, 1.54) is 12.1 Å². The van der Waals surface area contributed by atoms with Gasteiger partial charge in [0.25, 0.3) is 0 Å². The van der Waals surface area contributed by atoms with E-state index in [1.807, 2.05) is 0 Å². The third kappa shape index (κ3) is 2.70. The molecule has 1 aliphatic heterocycles. The van der Waals surface area contributed by atoms with Crippen LogP contribution in [0.25, 0.3) is 0 Å². The molecule has 1 aliphatic carbocycles. The van der Waals surface area contributed by atoms with E-state index < -0.39 is 17.8 Å². The Morgan fingerprint density at radius 2 is 2.10 bits per heavy atom. The first-order valence-electron chi connectivity index (χ1n) is 6.76. The molecule has 114 valence electrons. The minimum atomic E-state index is -4.43. The van der Waals surface area contributed by atoms with Gasteiger partial charge in [0, 0.05) is 24.7 Å². The van der Waals surface area contributed by atoms with E-state index in [9.17, 15) is 23.1 Å². The van der Waals surface area contributed by atoms with E-state index in [1.54, 1.807) is 4.90 Å². The molecule has 2 fully saturated rings. The maximum absolute atomic E-state index is 12.6. The van der Waals surface area contributed by atoms with Crippen LogP contribution in [0.3, 0.4) is 0 Å². The molecule has 2 amide bonds. The van der Waals surface area contributed by atoms with Crippen LogP contribution in [0.1, 0.15) is 12.0 Å². The summed E-state index contributed by atoms with van der Waals surface area (Å²) in [7, 11) is 0. The van der Waals surface area contributed by atoms with Crippen molar-refractivity contribution in [2.45, 2.75) is 18.7 Å². The molecule has 1 aromatic rings. The molecule has 21 heavy (non-hydrogen) atoms. The van der Waals surface area contributed by atoms with Gasteiger partial charge in [-0.1, -0.05) is 6.07 Å². The van der Waals surface area contributed by atoms with Gasteiger partial charge >= 0.3 is 12.2 Å². The first-order chi connectivity index (χ1) is 9.84. The van der Waals surface area contributed by atoms with Gasteiger partial charge in [-0.25, -0.2) is 4.79 Å². The molecule has 7 heteroatoms. The van der Waals surface area contributed by atoms with Crippen LogP contribution in [-0.4, -0.2) is 35.2 Å². The van der Waals surface area contributed by atoms with Crippen molar-refractivity contribution in [3.05, 3.63) is 29.8 Å². The number of alkyl halides is 3. The zero-order chi connectivity index (χ0) is 15.2. The topological polar surface area (TPSA) is 52.6 Å². The molecule has 2 aliphatic rings. The number of anilines is 1. The summed E-state index contributed by atoms with van der Waals surface area (Å²) in [5.41, 5.74) is -0.674. The molecule has 0 spiro atoms. The lowest BCUT2D eigenvalue weighted by Gasteiger charge is -2.34. The summed E-state index contributed by atoms with van der Waals surface area (Å²) in [4.78, 5) is 13.6. The number of amides is 2. The fourth-order valence-corrected chi connectivity index (χ4v) is 3.01. The van der Waals surface area contributed by atoms with Crippen molar-refractivity contribution in [3.8, 4) is 0 Å². The zero-order valence-corrected chi connectivity index (χ0v) is 11.1. The predicted molar refractivity (Wildman–Crippen MR) is 69.6 cm³/mol. The fraction of sp³-hybridized carbons (Fsp3) is 0.500. The highest BCUT2D eigenvalue weighted by Crippen LogP contribution is 2.40.